The van der Waals surface area contributed by atoms with E-state index in [0.717, 1.165) is 16.7 Å². The number of halogens is 1. The first-order valence-corrected chi connectivity index (χ1v) is 10.2. The summed E-state index contributed by atoms with van der Waals surface area (Å²) in [5.41, 5.74) is 3.41. The number of carbonyl (C=O) groups is 2. The minimum absolute atomic E-state index is 0.294. The molecule has 1 heterocycles. The molecule has 3 rings (SSSR count). The number of para-hydroxylation sites is 1. The highest BCUT2D eigenvalue weighted by atomic mass is 35.5. The second-order valence-corrected chi connectivity index (χ2v) is 7.59. The van der Waals surface area contributed by atoms with E-state index in [9.17, 15) is 9.59 Å². The molecule has 1 atom stereocenters. The highest BCUT2D eigenvalue weighted by Crippen LogP contribution is 2.26. The van der Waals surface area contributed by atoms with Crippen molar-refractivity contribution in [1.82, 2.24) is 10.3 Å². The number of nitrogens with one attached hydrogen (secondary N) is 2. The number of hydrogen-bond acceptors (Lipinski definition) is 4. The molecule has 0 aliphatic carbocycles. The summed E-state index contributed by atoms with van der Waals surface area (Å²) < 4.78 is 5.79. The zero-order valence-electron chi connectivity index (χ0n) is 17.6. The van der Waals surface area contributed by atoms with E-state index >= 15 is 0 Å². The first-order valence-electron chi connectivity index (χ1n) is 9.85. The summed E-state index contributed by atoms with van der Waals surface area (Å²) in [6, 6.07) is 14.1. The Bertz CT molecular complexity index is 1060. The van der Waals surface area contributed by atoms with Gasteiger partial charge in [0.1, 0.15) is 5.75 Å². The van der Waals surface area contributed by atoms with Gasteiger partial charge < -0.3 is 15.4 Å². The first-order chi connectivity index (χ1) is 14.8. The third-order valence-electron chi connectivity index (χ3n) is 4.70. The topological polar surface area (TPSA) is 80.3 Å². The molecule has 1 aromatic heterocycles. The maximum Gasteiger partial charge on any atom is 0.265 e. The van der Waals surface area contributed by atoms with Gasteiger partial charge in [-0.05, 0) is 67.8 Å². The van der Waals surface area contributed by atoms with Crippen molar-refractivity contribution in [3.63, 3.8) is 0 Å². The summed E-state index contributed by atoms with van der Waals surface area (Å²) in [6.07, 6.45) is 2.59. The molecule has 6 nitrogen and oxygen atoms in total. The van der Waals surface area contributed by atoms with Crippen molar-refractivity contribution in [1.29, 1.82) is 0 Å². The minimum Gasteiger partial charge on any atom is -0.481 e. The number of rotatable bonds is 7. The van der Waals surface area contributed by atoms with Gasteiger partial charge in [-0.1, -0.05) is 29.8 Å². The maximum absolute atomic E-state index is 12.7. The summed E-state index contributed by atoms with van der Waals surface area (Å²) in [5, 5.41) is 6.31. The monoisotopic (exact) mass is 437 g/mol. The largest absolute Gasteiger partial charge is 0.481 e. The summed E-state index contributed by atoms with van der Waals surface area (Å²) in [5.74, 6) is -0.0976. The lowest BCUT2D eigenvalue weighted by Gasteiger charge is -2.17. The fourth-order valence-electron chi connectivity index (χ4n) is 3.04. The van der Waals surface area contributed by atoms with Crippen LogP contribution < -0.4 is 15.4 Å². The number of amides is 2. The quantitative estimate of drug-likeness (QED) is 0.562. The molecule has 2 amide bonds. The number of aryl methyl sites for hydroxylation is 2. The van der Waals surface area contributed by atoms with Crippen LogP contribution in [-0.2, 0) is 11.3 Å². The van der Waals surface area contributed by atoms with Gasteiger partial charge in [-0.3, -0.25) is 14.6 Å². The van der Waals surface area contributed by atoms with E-state index in [1.807, 2.05) is 19.9 Å². The normalized spacial score (nSPS) is 11.5. The average molecular weight is 438 g/mol. The van der Waals surface area contributed by atoms with Crippen LogP contribution in [0.2, 0.25) is 5.02 Å². The van der Waals surface area contributed by atoms with Gasteiger partial charge in [0.2, 0.25) is 0 Å². The maximum atomic E-state index is 12.7. The lowest BCUT2D eigenvalue weighted by Crippen LogP contribution is -2.31. The van der Waals surface area contributed by atoms with Gasteiger partial charge in [-0.2, -0.15) is 0 Å². The SMILES string of the molecule is Cc1cc(O[C@H](C)C(=O)Nc2ccccc2C(=O)NCc2cccnc2)cc(C)c1Cl. The van der Waals surface area contributed by atoms with E-state index in [-0.39, 0.29) is 11.8 Å². The molecular weight excluding hydrogens is 414 g/mol. The van der Waals surface area contributed by atoms with Gasteiger partial charge in [0, 0.05) is 24.0 Å². The molecule has 7 heteroatoms. The molecule has 0 saturated carbocycles. The Kier molecular flexibility index (Phi) is 7.26. The van der Waals surface area contributed by atoms with E-state index in [0.29, 0.717) is 28.6 Å². The molecule has 2 N–H and O–H groups in total. The molecule has 0 spiro atoms. The molecule has 0 unspecified atom stereocenters. The van der Waals surface area contributed by atoms with Gasteiger partial charge in [0.25, 0.3) is 11.8 Å². The Labute approximate surface area is 186 Å². The molecule has 160 valence electrons. The number of ether oxygens (including phenoxy) is 1. The second kappa shape index (κ2) is 10.1. The van der Waals surface area contributed by atoms with Crippen LogP contribution in [0.5, 0.6) is 5.75 Å². The van der Waals surface area contributed by atoms with Gasteiger partial charge >= 0.3 is 0 Å². The lowest BCUT2D eigenvalue weighted by molar-refractivity contribution is -0.122. The van der Waals surface area contributed by atoms with Gasteiger partial charge in [-0.25, -0.2) is 0 Å². The molecule has 0 fully saturated rings. The number of carbonyl (C=O) groups excluding carboxylic acids is 2. The van der Waals surface area contributed by atoms with Gasteiger partial charge in [-0.15, -0.1) is 0 Å². The number of benzene rings is 2. The summed E-state index contributed by atoms with van der Waals surface area (Å²) in [4.78, 5) is 29.4. The molecule has 3 aromatic rings. The Morgan fingerprint density at radius 1 is 1.10 bits per heavy atom. The van der Waals surface area contributed by atoms with Crippen molar-refractivity contribution in [2.75, 3.05) is 5.32 Å². The van der Waals surface area contributed by atoms with E-state index in [1.165, 1.54) is 0 Å². The molecule has 31 heavy (non-hydrogen) atoms. The molecule has 0 saturated heterocycles. The van der Waals surface area contributed by atoms with Crippen molar-refractivity contribution in [2.24, 2.45) is 0 Å². The fraction of sp³-hybridized carbons (Fsp3) is 0.208. The Hall–Kier alpha value is -3.38. The van der Waals surface area contributed by atoms with Crippen molar-refractivity contribution >= 4 is 29.1 Å². The lowest BCUT2D eigenvalue weighted by atomic mass is 10.1. The molecule has 0 bridgehead atoms. The van der Waals surface area contributed by atoms with E-state index < -0.39 is 6.10 Å². The van der Waals surface area contributed by atoms with Crippen LogP contribution in [0, 0.1) is 13.8 Å². The van der Waals surface area contributed by atoms with Gasteiger partial charge in [0.05, 0.1) is 11.3 Å². The van der Waals surface area contributed by atoms with Gasteiger partial charge in [0.15, 0.2) is 6.10 Å². The highest BCUT2D eigenvalue weighted by Gasteiger charge is 2.19. The summed E-state index contributed by atoms with van der Waals surface area (Å²) >= 11 is 6.19. The number of nitrogens with zero attached hydrogens (tertiary/aromatic N) is 1. The minimum atomic E-state index is -0.772. The van der Waals surface area contributed by atoms with E-state index in [4.69, 9.17) is 16.3 Å². The smallest absolute Gasteiger partial charge is 0.265 e. The molecule has 2 aromatic carbocycles. The zero-order valence-corrected chi connectivity index (χ0v) is 18.4. The average Bonchev–Trinajstić information content (AvgIpc) is 2.76. The van der Waals surface area contributed by atoms with Crippen molar-refractivity contribution in [3.8, 4) is 5.75 Å². The van der Waals surface area contributed by atoms with E-state index in [2.05, 4.69) is 15.6 Å². The summed E-state index contributed by atoms with van der Waals surface area (Å²) in [7, 11) is 0. The molecule has 0 aliphatic rings. The number of anilines is 1. The molecule has 0 radical (unpaired) electrons. The van der Waals surface area contributed by atoms with Crippen LogP contribution in [0.15, 0.2) is 60.9 Å². The van der Waals surface area contributed by atoms with Crippen LogP contribution in [0.3, 0.4) is 0 Å². The third-order valence-corrected chi connectivity index (χ3v) is 5.29. The van der Waals surface area contributed by atoms with Crippen molar-refractivity contribution in [2.45, 2.75) is 33.4 Å². The fourth-order valence-corrected chi connectivity index (χ4v) is 3.15. The van der Waals surface area contributed by atoms with Crippen LogP contribution in [-0.4, -0.2) is 22.9 Å². The van der Waals surface area contributed by atoms with E-state index in [1.54, 1.807) is 61.8 Å². The van der Waals surface area contributed by atoms with Crippen molar-refractivity contribution < 1.29 is 14.3 Å². The molecule has 0 aliphatic heterocycles. The Morgan fingerprint density at radius 2 is 1.81 bits per heavy atom. The number of aromatic nitrogens is 1. The van der Waals surface area contributed by atoms with Crippen LogP contribution >= 0.6 is 11.6 Å². The second-order valence-electron chi connectivity index (χ2n) is 7.21. The number of hydrogen-bond donors (Lipinski definition) is 2. The summed E-state index contributed by atoms with van der Waals surface area (Å²) in [6.45, 7) is 5.75. The van der Waals surface area contributed by atoms with Crippen LogP contribution in [0.25, 0.3) is 0 Å². The predicted molar refractivity (Wildman–Crippen MR) is 121 cm³/mol. The zero-order chi connectivity index (χ0) is 22.4. The van der Waals surface area contributed by atoms with Crippen molar-refractivity contribution in [3.05, 3.63) is 88.2 Å². The third kappa shape index (κ3) is 5.83. The molecular formula is C24H24ClN3O3. The van der Waals surface area contributed by atoms with Crippen LogP contribution in [0.4, 0.5) is 5.69 Å². The Morgan fingerprint density at radius 3 is 2.48 bits per heavy atom. The van der Waals surface area contributed by atoms with Crippen LogP contribution in [0.1, 0.15) is 34.0 Å². The highest BCUT2D eigenvalue weighted by molar-refractivity contribution is 6.32. The Balaban J connectivity index is 1.66. The predicted octanol–water partition coefficient (Wildman–Crippen LogP) is 4.69. The first kappa shape index (κ1) is 22.3. The number of pyridine rings is 1. The standard InChI is InChI=1S/C24H24ClN3O3/c1-15-11-19(12-16(2)22(15)25)31-17(3)23(29)28-21-9-5-4-8-20(21)24(30)27-14-18-7-6-10-26-13-18/h4-13,17H,14H2,1-3H3,(H,27,30)(H,28,29)/t17-/m1/s1.